The van der Waals surface area contributed by atoms with Gasteiger partial charge in [-0.15, -0.1) is 11.8 Å². The Labute approximate surface area is 211 Å². The van der Waals surface area contributed by atoms with E-state index in [1.807, 2.05) is 0 Å². The van der Waals surface area contributed by atoms with Gasteiger partial charge in [0.2, 0.25) is 5.91 Å². The van der Waals surface area contributed by atoms with Crippen LogP contribution in [0.1, 0.15) is 17.2 Å². The second-order valence-electron chi connectivity index (χ2n) is 8.28. The Balaban J connectivity index is 1.43. The minimum absolute atomic E-state index is 0.0830. The predicted molar refractivity (Wildman–Crippen MR) is 122 cm³/mol. The van der Waals surface area contributed by atoms with Crippen LogP contribution in [0.15, 0.2) is 53.7 Å². The van der Waals surface area contributed by atoms with Crippen LogP contribution < -0.4 is 5.32 Å². The summed E-state index contributed by atoms with van der Waals surface area (Å²) in [7, 11) is 0. The van der Waals surface area contributed by atoms with Crippen LogP contribution in [0.3, 0.4) is 0 Å². The summed E-state index contributed by atoms with van der Waals surface area (Å²) in [4.78, 5) is 42.7. The van der Waals surface area contributed by atoms with E-state index in [2.05, 4.69) is 10.3 Å². The number of alkyl halides is 3. The minimum atomic E-state index is -4.66. The molecule has 0 spiro atoms. The number of carboxylic acid groups (broad SMARTS) is 1. The molecule has 4 unspecified atom stereocenters. The number of aromatic nitrogens is 1. The Morgan fingerprint density at radius 1 is 1.22 bits per heavy atom. The number of hydrogen-bond acceptors (Lipinski definition) is 8. The molecule has 3 heterocycles. The van der Waals surface area contributed by atoms with E-state index in [1.165, 1.54) is 11.1 Å². The van der Waals surface area contributed by atoms with Gasteiger partial charge in [0.1, 0.15) is 22.3 Å². The van der Waals surface area contributed by atoms with E-state index in [1.54, 1.807) is 18.2 Å². The summed E-state index contributed by atoms with van der Waals surface area (Å²) in [5.41, 5.74) is -4.46. The summed E-state index contributed by atoms with van der Waals surface area (Å²) < 4.78 is 38.8. The molecule has 0 radical (unpaired) electrons. The highest BCUT2D eigenvalue weighted by Gasteiger charge is 2.60. The molecule has 4 rings (SSSR count). The van der Waals surface area contributed by atoms with E-state index < -0.39 is 57.9 Å². The molecule has 2 aromatic rings. The van der Waals surface area contributed by atoms with Gasteiger partial charge in [-0.05, 0) is 29.8 Å². The number of β-lactam (4-membered cyclic amide) rings is 1. The average molecular weight is 544 g/mol. The third kappa shape index (κ3) is 4.90. The maximum Gasteiger partial charge on any atom is 0.416 e. The van der Waals surface area contributed by atoms with Crippen LogP contribution in [0.2, 0.25) is 0 Å². The highest BCUT2D eigenvalue weighted by Crippen LogP contribution is 2.47. The van der Waals surface area contributed by atoms with Gasteiger partial charge in [-0.2, -0.15) is 13.2 Å². The molecular weight excluding hydrogens is 523 g/mol. The van der Waals surface area contributed by atoms with Gasteiger partial charge in [0.05, 0.1) is 10.6 Å². The number of amides is 2. The van der Waals surface area contributed by atoms with Crippen molar-refractivity contribution in [2.75, 3.05) is 12.3 Å². The number of nitrogens with zero attached hydrogens (tertiary/aromatic N) is 2. The summed E-state index contributed by atoms with van der Waals surface area (Å²) >= 11 is 1.89. The van der Waals surface area contributed by atoms with Crippen molar-refractivity contribution in [3.63, 3.8) is 0 Å². The Morgan fingerprint density at radius 3 is 2.61 bits per heavy atom. The number of aliphatic hydroxyl groups excluding tert-OH is 2. The van der Waals surface area contributed by atoms with E-state index in [4.69, 9.17) is 0 Å². The van der Waals surface area contributed by atoms with Gasteiger partial charge in [-0.25, -0.2) is 4.98 Å². The number of fused-ring (bicyclic) bond motifs is 1. The van der Waals surface area contributed by atoms with Crippen molar-refractivity contribution < 1.29 is 42.9 Å². The largest absolute Gasteiger partial charge is 0.481 e. The molecule has 0 aliphatic carbocycles. The second-order valence-corrected chi connectivity index (χ2v) is 10.5. The highest BCUT2D eigenvalue weighted by atomic mass is 32.2. The number of carbonyl (C=O) groups excluding carboxylic acids is 2. The summed E-state index contributed by atoms with van der Waals surface area (Å²) in [6, 6.07) is 7.52. The van der Waals surface area contributed by atoms with Gasteiger partial charge in [-0.1, -0.05) is 30.0 Å². The number of thioether (sulfide) groups is 2. The number of benzene rings is 1. The molecule has 192 valence electrons. The lowest BCUT2D eigenvalue weighted by atomic mass is 9.87. The molecule has 4 N–H and O–H groups in total. The first-order valence-corrected chi connectivity index (χ1v) is 12.4. The normalized spacial score (nSPS) is 25.4. The number of aliphatic hydroxyl groups is 2. The number of rotatable bonds is 7. The molecule has 5 atom stereocenters. The Hall–Kier alpha value is -2.81. The van der Waals surface area contributed by atoms with Crippen molar-refractivity contribution in [1.82, 2.24) is 15.2 Å². The number of pyridine rings is 1. The third-order valence-electron chi connectivity index (χ3n) is 5.95. The SMILES string of the molecule is O=C(NC1C(=O)N2CC(C(=O)O)(C(O)Sc3ccccn3)CS[C@H]12)C(O)c1cccc(C(F)(F)F)c1. The lowest BCUT2D eigenvalue weighted by molar-refractivity contribution is -0.162. The summed E-state index contributed by atoms with van der Waals surface area (Å²) in [6.07, 6.45) is -5.11. The molecule has 1 aromatic heterocycles. The number of nitrogens with one attached hydrogen (secondary N) is 1. The van der Waals surface area contributed by atoms with Crippen LogP contribution in [0, 0.1) is 5.41 Å². The fourth-order valence-electron chi connectivity index (χ4n) is 3.89. The predicted octanol–water partition coefficient (Wildman–Crippen LogP) is 1.72. The smallest absolute Gasteiger partial charge is 0.416 e. The molecule has 2 amide bonds. The second kappa shape index (κ2) is 9.92. The van der Waals surface area contributed by atoms with Crippen molar-refractivity contribution in [3.8, 4) is 0 Å². The van der Waals surface area contributed by atoms with Crippen molar-refractivity contribution >= 4 is 41.3 Å². The molecule has 9 nitrogen and oxygen atoms in total. The zero-order valence-electron chi connectivity index (χ0n) is 18.3. The first-order chi connectivity index (χ1) is 16.9. The summed E-state index contributed by atoms with van der Waals surface area (Å²) in [5.74, 6) is -3.07. The fourth-order valence-corrected chi connectivity index (χ4v) is 6.57. The number of halogens is 3. The van der Waals surface area contributed by atoms with Crippen LogP contribution in [-0.4, -0.2) is 72.1 Å². The average Bonchev–Trinajstić information content (AvgIpc) is 2.86. The molecule has 14 heteroatoms. The van der Waals surface area contributed by atoms with Gasteiger partial charge >= 0.3 is 12.1 Å². The van der Waals surface area contributed by atoms with Crippen LogP contribution in [-0.2, 0) is 20.6 Å². The molecule has 2 aliphatic rings. The molecule has 0 bridgehead atoms. The van der Waals surface area contributed by atoms with Crippen LogP contribution in [0.5, 0.6) is 0 Å². The van der Waals surface area contributed by atoms with E-state index in [9.17, 15) is 42.9 Å². The fraction of sp³-hybridized carbons (Fsp3) is 0.364. The lowest BCUT2D eigenvalue weighted by Gasteiger charge is -2.54. The van der Waals surface area contributed by atoms with E-state index in [-0.39, 0.29) is 17.9 Å². The lowest BCUT2D eigenvalue weighted by Crippen LogP contribution is -2.74. The van der Waals surface area contributed by atoms with Crippen molar-refractivity contribution in [2.45, 2.75) is 34.2 Å². The maximum atomic E-state index is 12.9. The first kappa shape index (κ1) is 26.3. The number of hydrogen-bond donors (Lipinski definition) is 4. The van der Waals surface area contributed by atoms with Gasteiger partial charge in [0.15, 0.2) is 6.10 Å². The van der Waals surface area contributed by atoms with Crippen molar-refractivity contribution in [1.29, 1.82) is 0 Å². The van der Waals surface area contributed by atoms with E-state index in [0.29, 0.717) is 11.1 Å². The zero-order chi connectivity index (χ0) is 26.3. The number of carboxylic acids is 1. The molecule has 2 saturated heterocycles. The van der Waals surface area contributed by atoms with Crippen molar-refractivity contribution in [3.05, 3.63) is 59.8 Å². The van der Waals surface area contributed by atoms with Gasteiger partial charge in [0.25, 0.3) is 5.91 Å². The molecule has 1 aromatic carbocycles. The van der Waals surface area contributed by atoms with Crippen LogP contribution in [0.4, 0.5) is 13.2 Å². The van der Waals surface area contributed by atoms with E-state index in [0.717, 1.165) is 41.7 Å². The Kier molecular flexibility index (Phi) is 7.23. The standard InChI is InChI=1S/C22H20F3N3O6S2/c23-22(24,25)12-5-3-4-11(8-12)15(29)16(30)27-14-17(31)28-9-21(19(32)33,10-35-18(14)28)20(34)36-13-6-1-2-7-26-13/h1-8,14-15,18,20,29,34H,9-10H2,(H,27,30)(H,32,33)/t14?,15?,18-,20?,21?/m1/s1. The molecule has 36 heavy (non-hydrogen) atoms. The monoisotopic (exact) mass is 543 g/mol. The number of carbonyl (C=O) groups is 3. The Morgan fingerprint density at radius 2 is 1.97 bits per heavy atom. The maximum absolute atomic E-state index is 12.9. The third-order valence-corrected chi connectivity index (χ3v) is 8.66. The molecular formula is C22H20F3N3O6S2. The highest BCUT2D eigenvalue weighted by molar-refractivity contribution is 8.01. The summed E-state index contributed by atoms with van der Waals surface area (Å²) in [6.45, 7) is -0.317. The van der Waals surface area contributed by atoms with Gasteiger partial charge < -0.3 is 25.5 Å². The molecule has 2 fully saturated rings. The van der Waals surface area contributed by atoms with Crippen LogP contribution >= 0.6 is 23.5 Å². The van der Waals surface area contributed by atoms with E-state index >= 15 is 0 Å². The molecule has 2 aliphatic heterocycles. The topological polar surface area (TPSA) is 140 Å². The zero-order valence-corrected chi connectivity index (χ0v) is 19.9. The minimum Gasteiger partial charge on any atom is -0.481 e. The van der Waals surface area contributed by atoms with Gasteiger partial charge in [-0.3, -0.25) is 14.4 Å². The summed E-state index contributed by atoms with van der Waals surface area (Å²) in [5, 5.41) is 33.0. The Bertz CT molecular complexity index is 1170. The quantitative estimate of drug-likeness (QED) is 0.233. The number of aliphatic carboxylic acids is 1. The molecule has 0 saturated carbocycles. The van der Waals surface area contributed by atoms with Crippen LogP contribution in [0.25, 0.3) is 0 Å². The van der Waals surface area contributed by atoms with Gasteiger partial charge in [0, 0.05) is 18.5 Å². The van der Waals surface area contributed by atoms with Crippen molar-refractivity contribution in [2.24, 2.45) is 5.41 Å². The first-order valence-electron chi connectivity index (χ1n) is 10.5.